The molecular formula is C23H33BN2O2Si. The van der Waals surface area contributed by atoms with Crippen molar-refractivity contribution in [2.45, 2.75) is 52.0 Å². The number of amides is 1. The van der Waals surface area contributed by atoms with E-state index in [1.807, 2.05) is 63.2 Å². The normalized spacial score (nSPS) is 12.1. The van der Waals surface area contributed by atoms with Crippen molar-refractivity contribution >= 4 is 33.0 Å². The lowest BCUT2D eigenvalue weighted by atomic mass is 9.90. The number of nitrogens with two attached hydrogens (primary N) is 1. The van der Waals surface area contributed by atoms with Crippen LogP contribution >= 0.6 is 0 Å². The first-order valence-corrected chi connectivity index (χ1v) is 13.7. The SMILES string of the molecule is [B]c1cc(N(COCC[Si](C)(C)C)C(=O)c2cccc(C(C)(C)N)c2)ccc1C. The van der Waals surface area contributed by atoms with Gasteiger partial charge in [-0.25, -0.2) is 0 Å². The van der Waals surface area contributed by atoms with Gasteiger partial charge in [-0.2, -0.15) is 0 Å². The molecule has 0 unspecified atom stereocenters. The fraction of sp³-hybridized carbons (Fsp3) is 0.435. The minimum Gasteiger partial charge on any atom is -0.361 e. The standard InChI is InChI=1S/C23H33BN2O2Si/c1-17-10-11-20(15-21(17)24)26(16-28-12-13-29(4,5)6)22(27)18-8-7-9-19(14-18)23(2,3)25/h7-11,14-15H,12-13,16,25H2,1-6H3. The molecule has 0 saturated carbocycles. The van der Waals surface area contributed by atoms with Crippen molar-refractivity contribution in [2.24, 2.45) is 5.73 Å². The summed E-state index contributed by atoms with van der Waals surface area (Å²) in [5.74, 6) is -0.132. The topological polar surface area (TPSA) is 55.6 Å². The number of hydrogen-bond donors (Lipinski definition) is 1. The zero-order valence-corrected chi connectivity index (χ0v) is 19.6. The molecular weight excluding hydrogens is 375 g/mol. The summed E-state index contributed by atoms with van der Waals surface area (Å²) in [4.78, 5) is 15.0. The molecule has 0 aliphatic carbocycles. The van der Waals surface area contributed by atoms with Crippen molar-refractivity contribution < 1.29 is 9.53 Å². The Bertz CT molecular complexity index is 857. The summed E-state index contributed by atoms with van der Waals surface area (Å²) in [5, 5.41) is 0. The molecule has 0 aliphatic heterocycles. The molecule has 6 heteroatoms. The molecule has 0 heterocycles. The lowest BCUT2D eigenvalue weighted by molar-refractivity contribution is 0.0900. The summed E-state index contributed by atoms with van der Waals surface area (Å²) in [5.41, 5.74) is 9.54. The molecule has 0 fully saturated rings. The summed E-state index contributed by atoms with van der Waals surface area (Å²) < 4.78 is 5.91. The molecule has 0 spiro atoms. The molecule has 4 nitrogen and oxygen atoms in total. The third-order valence-corrected chi connectivity index (χ3v) is 6.59. The fourth-order valence-electron chi connectivity index (χ4n) is 2.79. The third kappa shape index (κ3) is 6.84. The van der Waals surface area contributed by atoms with Gasteiger partial charge in [0.05, 0.1) is 0 Å². The Morgan fingerprint density at radius 2 is 1.86 bits per heavy atom. The van der Waals surface area contributed by atoms with Crippen LogP contribution in [0.4, 0.5) is 5.69 Å². The van der Waals surface area contributed by atoms with Gasteiger partial charge < -0.3 is 10.5 Å². The highest BCUT2D eigenvalue weighted by Gasteiger charge is 2.22. The summed E-state index contributed by atoms with van der Waals surface area (Å²) in [7, 11) is 4.89. The molecule has 29 heavy (non-hydrogen) atoms. The minimum absolute atomic E-state index is 0.132. The third-order valence-electron chi connectivity index (χ3n) is 4.89. The van der Waals surface area contributed by atoms with Crippen molar-refractivity contribution in [3.05, 3.63) is 59.2 Å². The number of hydrogen-bond acceptors (Lipinski definition) is 3. The van der Waals surface area contributed by atoms with Crippen molar-refractivity contribution in [3.8, 4) is 0 Å². The number of carbonyl (C=O) groups excluding carboxylic acids is 1. The average molecular weight is 408 g/mol. The van der Waals surface area contributed by atoms with Gasteiger partial charge in [0.2, 0.25) is 0 Å². The number of aryl methyl sites for hydroxylation is 1. The van der Waals surface area contributed by atoms with Gasteiger partial charge in [0.25, 0.3) is 5.91 Å². The van der Waals surface area contributed by atoms with Crippen molar-refractivity contribution in [3.63, 3.8) is 0 Å². The van der Waals surface area contributed by atoms with Crippen LogP contribution in [0.5, 0.6) is 0 Å². The first-order chi connectivity index (χ1) is 13.4. The first kappa shape index (κ1) is 23.4. The van der Waals surface area contributed by atoms with Gasteiger partial charge in [-0.3, -0.25) is 9.69 Å². The molecule has 2 N–H and O–H groups in total. The number of benzene rings is 2. The van der Waals surface area contributed by atoms with Crippen LogP contribution in [0.3, 0.4) is 0 Å². The van der Waals surface area contributed by atoms with E-state index in [0.29, 0.717) is 17.6 Å². The highest BCUT2D eigenvalue weighted by Crippen LogP contribution is 2.22. The fourth-order valence-corrected chi connectivity index (χ4v) is 3.55. The highest BCUT2D eigenvalue weighted by molar-refractivity contribution is 6.76. The van der Waals surface area contributed by atoms with Crippen LogP contribution < -0.4 is 16.1 Å². The van der Waals surface area contributed by atoms with Gasteiger partial charge in [0.15, 0.2) is 0 Å². The number of ether oxygens (including phenoxy) is 1. The van der Waals surface area contributed by atoms with Gasteiger partial charge in [-0.15, -0.1) is 0 Å². The Balaban J connectivity index is 2.31. The summed E-state index contributed by atoms with van der Waals surface area (Å²) >= 11 is 0. The van der Waals surface area contributed by atoms with Gasteiger partial charge >= 0.3 is 0 Å². The van der Waals surface area contributed by atoms with Crippen molar-refractivity contribution in [2.75, 3.05) is 18.2 Å². The molecule has 0 saturated heterocycles. The zero-order chi connectivity index (χ0) is 21.8. The van der Waals surface area contributed by atoms with Gasteiger partial charge in [0, 0.05) is 31.5 Å². The number of carbonyl (C=O) groups is 1. The van der Waals surface area contributed by atoms with Crippen LogP contribution in [0.1, 0.15) is 35.3 Å². The molecule has 1 amide bonds. The van der Waals surface area contributed by atoms with Crippen LogP contribution in [0.25, 0.3) is 0 Å². The second-order valence-corrected chi connectivity index (χ2v) is 15.0. The van der Waals surface area contributed by atoms with Gasteiger partial charge in [-0.1, -0.05) is 48.9 Å². The largest absolute Gasteiger partial charge is 0.361 e. The predicted molar refractivity (Wildman–Crippen MR) is 126 cm³/mol. The monoisotopic (exact) mass is 408 g/mol. The molecule has 154 valence electrons. The second-order valence-electron chi connectivity index (χ2n) is 9.42. The van der Waals surface area contributed by atoms with Crippen molar-refractivity contribution in [1.82, 2.24) is 0 Å². The Labute approximate surface area is 177 Å². The molecule has 2 aromatic rings. The van der Waals surface area contributed by atoms with E-state index < -0.39 is 13.6 Å². The number of anilines is 1. The number of rotatable bonds is 8. The van der Waals surface area contributed by atoms with E-state index in [4.69, 9.17) is 18.3 Å². The van der Waals surface area contributed by atoms with E-state index in [9.17, 15) is 4.79 Å². The molecule has 0 bridgehead atoms. The Hall–Kier alpha value is -1.89. The van der Waals surface area contributed by atoms with E-state index in [-0.39, 0.29) is 12.6 Å². The highest BCUT2D eigenvalue weighted by atomic mass is 28.3. The maximum atomic E-state index is 13.4. The Kier molecular flexibility index (Phi) is 7.49. The molecule has 2 radical (unpaired) electrons. The van der Waals surface area contributed by atoms with E-state index in [2.05, 4.69) is 19.6 Å². The van der Waals surface area contributed by atoms with Crippen LogP contribution in [-0.4, -0.2) is 35.2 Å². The van der Waals surface area contributed by atoms with Gasteiger partial charge in [-0.05, 0) is 56.6 Å². The van der Waals surface area contributed by atoms with Crippen LogP contribution in [0.15, 0.2) is 42.5 Å². The lowest BCUT2D eigenvalue weighted by Crippen LogP contribution is -2.35. The predicted octanol–water partition coefficient (Wildman–Crippen LogP) is 3.94. The average Bonchev–Trinajstić information content (AvgIpc) is 2.62. The van der Waals surface area contributed by atoms with E-state index in [0.717, 1.165) is 22.9 Å². The maximum Gasteiger partial charge on any atom is 0.260 e. The van der Waals surface area contributed by atoms with Crippen molar-refractivity contribution in [1.29, 1.82) is 0 Å². The van der Waals surface area contributed by atoms with Crippen LogP contribution in [0.2, 0.25) is 25.7 Å². The Morgan fingerprint density at radius 1 is 1.17 bits per heavy atom. The summed E-state index contributed by atoms with van der Waals surface area (Å²) in [6.45, 7) is 13.5. The Morgan fingerprint density at radius 3 is 2.45 bits per heavy atom. The summed E-state index contributed by atoms with van der Waals surface area (Å²) in [6.07, 6.45) is 0. The smallest absolute Gasteiger partial charge is 0.260 e. The zero-order valence-electron chi connectivity index (χ0n) is 18.6. The number of nitrogens with zero attached hydrogens (tertiary/aromatic N) is 1. The summed E-state index contributed by atoms with van der Waals surface area (Å²) in [6, 6.07) is 14.2. The van der Waals surface area contributed by atoms with Gasteiger partial charge in [0.1, 0.15) is 14.6 Å². The minimum atomic E-state index is -1.21. The molecule has 2 rings (SSSR count). The first-order valence-electron chi connectivity index (χ1n) is 10.0. The quantitative estimate of drug-likeness (QED) is 0.409. The van der Waals surface area contributed by atoms with Crippen LogP contribution in [-0.2, 0) is 10.3 Å². The molecule has 0 aromatic heterocycles. The molecule has 2 aromatic carbocycles. The second kappa shape index (κ2) is 9.29. The van der Waals surface area contributed by atoms with E-state index >= 15 is 0 Å². The maximum absolute atomic E-state index is 13.4. The molecule has 0 atom stereocenters. The van der Waals surface area contributed by atoms with E-state index in [1.54, 1.807) is 4.90 Å². The van der Waals surface area contributed by atoms with E-state index in [1.165, 1.54) is 0 Å². The lowest BCUT2D eigenvalue weighted by Gasteiger charge is -2.26. The van der Waals surface area contributed by atoms with Crippen LogP contribution in [0, 0.1) is 6.92 Å². The molecule has 0 aliphatic rings.